The largest absolute Gasteiger partial charge is 0.462 e. The summed E-state index contributed by atoms with van der Waals surface area (Å²) >= 11 is 2.43. The Morgan fingerprint density at radius 1 is 1.19 bits per heavy atom. The second-order valence-electron chi connectivity index (χ2n) is 10.4. The molecule has 0 bridgehead atoms. The molecule has 10 nitrogen and oxygen atoms in total. The maximum atomic E-state index is 12.7. The average Bonchev–Trinajstić information content (AvgIpc) is 3.39. The van der Waals surface area contributed by atoms with Crippen LogP contribution in [0.3, 0.4) is 0 Å². The minimum Gasteiger partial charge on any atom is -0.462 e. The number of anilines is 2. The van der Waals surface area contributed by atoms with E-state index in [1.807, 2.05) is 41.5 Å². The molecule has 1 saturated heterocycles. The number of amides is 1. The number of nitrogens with zero attached hydrogens (tertiary/aromatic N) is 6. The van der Waals surface area contributed by atoms with Gasteiger partial charge in [-0.1, -0.05) is 39.0 Å². The van der Waals surface area contributed by atoms with Crippen LogP contribution in [-0.2, 0) is 14.3 Å². The lowest BCUT2D eigenvalue weighted by atomic mass is 9.90. The lowest BCUT2D eigenvalue weighted by Crippen LogP contribution is -2.39. The van der Waals surface area contributed by atoms with E-state index in [1.54, 1.807) is 6.92 Å². The summed E-state index contributed by atoms with van der Waals surface area (Å²) in [5, 5.41) is 13.0. The highest BCUT2D eigenvalue weighted by molar-refractivity contribution is 7.19. The number of aromatic nitrogens is 2. The number of hydrogen-bond acceptors (Lipinski definition) is 10. The van der Waals surface area contributed by atoms with Crippen molar-refractivity contribution in [3.05, 3.63) is 17.1 Å². The summed E-state index contributed by atoms with van der Waals surface area (Å²) in [5.41, 5.74) is -0.118. The first-order valence-electron chi connectivity index (χ1n) is 11.9. The van der Waals surface area contributed by atoms with Crippen LogP contribution in [0.2, 0.25) is 0 Å². The van der Waals surface area contributed by atoms with Crippen molar-refractivity contribution in [3.63, 3.8) is 0 Å². The maximum absolute atomic E-state index is 12.7. The summed E-state index contributed by atoms with van der Waals surface area (Å²) in [5.74, 6) is -0.0115. The van der Waals surface area contributed by atoms with E-state index >= 15 is 0 Å². The van der Waals surface area contributed by atoms with Crippen molar-refractivity contribution < 1.29 is 14.3 Å². The third-order valence-electron chi connectivity index (χ3n) is 6.09. The highest BCUT2D eigenvalue weighted by Crippen LogP contribution is 2.42. The zero-order chi connectivity index (χ0) is 26.7. The summed E-state index contributed by atoms with van der Waals surface area (Å²) in [4.78, 5) is 35.4. The van der Waals surface area contributed by atoms with Crippen molar-refractivity contribution >= 4 is 61.4 Å². The molecule has 0 saturated carbocycles. The molecule has 2 aromatic rings. The Labute approximate surface area is 220 Å². The normalized spacial score (nSPS) is 15.2. The molecule has 1 aliphatic heterocycles. The monoisotopic (exact) mass is 531 g/mol. The standard InChI is InChI=1S/C24H33N7O3S2/c1-9-24(6,7)21(33)34-15-10-12-31(13-11-15)22-27-17(26-20(32)23(3,4)5)19(35-22)29-28-18-16(25-8)14(2)30-36-18/h15H,9-13H2,1-7H3,(H,26,32)/b29-28+. The molecule has 0 radical (unpaired) electrons. The molecule has 2 aromatic heterocycles. The van der Waals surface area contributed by atoms with Crippen molar-refractivity contribution in [3.8, 4) is 0 Å². The first-order chi connectivity index (χ1) is 16.9. The summed E-state index contributed by atoms with van der Waals surface area (Å²) in [6, 6.07) is 0. The molecule has 3 heterocycles. The molecule has 3 rings (SSSR count). The topological polar surface area (TPSA) is 114 Å². The molecule has 1 N–H and O–H groups in total. The number of thiazole rings is 1. The zero-order valence-corrected chi connectivity index (χ0v) is 23.5. The highest BCUT2D eigenvalue weighted by Gasteiger charge is 2.32. The molecule has 1 fully saturated rings. The molecule has 0 spiro atoms. The molecular formula is C24H33N7O3S2. The van der Waals surface area contributed by atoms with Gasteiger partial charge in [0.1, 0.15) is 6.10 Å². The molecule has 12 heteroatoms. The number of esters is 1. The zero-order valence-electron chi connectivity index (χ0n) is 21.8. The van der Waals surface area contributed by atoms with Crippen LogP contribution >= 0.6 is 22.9 Å². The number of rotatable bonds is 7. The Bertz CT molecular complexity index is 1180. The molecule has 0 unspecified atom stereocenters. The lowest BCUT2D eigenvalue weighted by molar-refractivity contribution is -0.160. The first-order valence-corrected chi connectivity index (χ1v) is 13.5. The number of nitrogens with one attached hydrogen (secondary N) is 1. The SMILES string of the molecule is [C-]#[N+]c1c(C)nsc1/N=N/c1sc(N2CCC(OC(=O)C(C)(C)CC)CC2)nc1NC(=O)C(C)(C)C. The summed E-state index contributed by atoms with van der Waals surface area (Å²) < 4.78 is 9.94. The summed E-state index contributed by atoms with van der Waals surface area (Å²) in [6.07, 6.45) is 1.99. The molecule has 0 aliphatic carbocycles. The van der Waals surface area contributed by atoms with Crippen molar-refractivity contribution in [1.82, 2.24) is 9.36 Å². The van der Waals surface area contributed by atoms with Crippen LogP contribution in [-0.4, -0.2) is 40.4 Å². The van der Waals surface area contributed by atoms with Crippen LogP contribution in [0.15, 0.2) is 10.2 Å². The van der Waals surface area contributed by atoms with E-state index in [4.69, 9.17) is 11.3 Å². The van der Waals surface area contributed by atoms with Gasteiger partial charge in [-0.25, -0.2) is 14.2 Å². The number of aryl methyl sites for hydroxylation is 1. The van der Waals surface area contributed by atoms with Crippen molar-refractivity contribution in [2.45, 2.75) is 73.8 Å². The fourth-order valence-electron chi connectivity index (χ4n) is 3.14. The van der Waals surface area contributed by atoms with Gasteiger partial charge in [0.05, 0.1) is 17.7 Å². The highest BCUT2D eigenvalue weighted by atomic mass is 32.1. The van der Waals surface area contributed by atoms with E-state index in [0.717, 1.165) is 18.0 Å². The fraction of sp³-hybridized carbons (Fsp3) is 0.625. The second kappa shape index (κ2) is 11.0. The van der Waals surface area contributed by atoms with E-state index in [9.17, 15) is 9.59 Å². The van der Waals surface area contributed by atoms with Gasteiger partial charge in [0.2, 0.25) is 11.6 Å². The number of carbonyl (C=O) groups is 2. The average molecular weight is 532 g/mol. The third-order valence-corrected chi connectivity index (χ3v) is 7.91. The summed E-state index contributed by atoms with van der Waals surface area (Å²) in [6.45, 7) is 21.7. The van der Waals surface area contributed by atoms with Crippen molar-refractivity contribution in [2.75, 3.05) is 23.3 Å². The predicted octanol–water partition coefficient (Wildman–Crippen LogP) is 6.81. The van der Waals surface area contributed by atoms with E-state index in [0.29, 0.717) is 58.3 Å². The Morgan fingerprint density at radius 3 is 2.42 bits per heavy atom. The van der Waals surface area contributed by atoms with Gasteiger partial charge >= 0.3 is 5.97 Å². The van der Waals surface area contributed by atoms with Gasteiger partial charge in [0.25, 0.3) is 0 Å². The van der Waals surface area contributed by atoms with Crippen molar-refractivity contribution in [2.24, 2.45) is 21.1 Å². The molecule has 1 amide bonds. The number of azo groups is 1. The number of hydrogen-bond donors (Lipinski definition) is 1. The van der Waals surface area contributed by atoms with Gasteiger partial charge in [-0.05, 0) is 38.7 Å². The number of piperidine rings is 1. The van der Waals surface area contributed by atoms with Crippen LogP contribution in [0, 0.1) is 24.3 Å². The van der Waals surface area contributed by atoms with E-state index in [-0.39, 0.29) is 18.0 Å². The number of carbonyl (C=O) groups excluding carboxylic acids is 2. The van der Waals surface area contributed by atoms with Gasteiger partial charge in [-0.15, -0.1) is 10.2 Å². The van der Waals surface area contributed by atoms with Gasteiger partial charge < -0.3 is 15.0 Å². The summed E-state index contributed by atoms with van der Waals surface area (Å²) in [7, 11) is 0. The van der Waals surface area contributed by atoms with E-state index < -0.39 is 10.8 Å². The fourth-order valence-corrected chi connectivity index (χ4v) is 4.70. The van der Waals surface area contributed by atoms with Crippen molar-refractivity contribution in [1.29, 1.82) is 0 Å². The molecular weight excluding hydrogens is 498 g/mol. The van der Waals surface area contributed by atoms with Gasteiger partial charge in [-0.3, -0.25) is 9.59 Å². The maximum Gasteiger partial charge on any atom is 0.311 e. The minimum atomic E-state index is -0.612. The van der Waals surface area contributed by atoms with Gasteiger partial charge in [0, 0.05) is 31.3 Å². The smallest absolute Gasteiger partial charge is 0.311 e. The molecule has 1 aliphatic rings. The van der Waals surface area contributed by atoms with Crippen LogP contribution in [0.4, 0.5) is 26.6 Å². The third kappa shape index (κ3) is 6.44. The van der Waals surface area contributed by atoms with Gasteiger partial charge in [-0.2, -0.15) is 0 Å². The van der Waals surface area contributed by atoms with Crippen LogP contribution in [0.25, 0.3) is 4.85 Å². The van der Waals surface area contributed by atoms with E-state index in [1.165, 1.54) is 11.3 Å². The molecule has 194 valence electrons. The van der Waals surface area contributed by atoms with Gasteiger partial charge in [0.15, 0.2) is 21.0 Å². The van der Waals surface area contributed by atoms with Crippen LogP contribution in [0.5, 0.6) is 0 Å². The Hall–Kier alpha value is -2.91. The quantitative estimate of drug-likeness (QED) is 0.239. The first kappa shape index (κ1) is 27.7. The predicted molar refractivity (Wildman–Crippen MR) is 143 cm³/mol. The molecule has 0 aromatic carbocycles. The molecule has 36 heavy (non-hydrogen) atoms. The second-order valence-corrected chi connectivity index (χ2v) is 12.1. The van der Waals surface area contributed by atoms with Crippen LogP contribution in [0.1, 0.15) is 66.5 Å². The molecule has 0 atom stereocenters. The Kier molecular flexibility index (Phi) is 8.46. The minimum absolute atomic E-state index is 0.125. The lowest BCUT2D eigenvalue weighted by Gasteiger charge is -2.33. The number of ether oxygens (including phenoxy) is 1. The van der Waals surface area contributed by atoms with E-state index in [2.05, 4.69) is 34.6 Å². The van der Waals surface area contributed by atoms with Crippen LogP contribution < -0.4 is 10.2 Å². The Balaban J connectivity index is 1.79. The Morgan fingerprint density at radius 2 is 1.83 bits per heavy atom.